The molecule has 0 aliphatic carbocycles. The fourth-order valence-electron chi connectivity index (χ4n) is 4.69. The first-order valence-electron chi connectivity index (χ1n) is 16.1. The Morgan fingerprint density at radius 3 is 1.17 bits per heavy atom. The second-order valence-electron chi connectivity index (χ2n) is 11.2. The number of carbonyl (C=O) groups excluding carboxylic acids is 1. The van der Waals surface area contributed by atoms with E-state index in [0.29, 0.717) is 0 Å². The van der Waals surface area contributed by atoms with Crippen molar-refractivity contribution in [3.05, 3.63) is 0 Å². The lowest BCUT2D eigenvalue weighted by molar-refractivity contribution is -0.130. The zero-order chi connectivity index (χ0) is 27.2. The molecule has 0 atom stereocenters. The molecule has 0 radical (unpaired) electrons. The van der Waals surface area contributed by atoms with Crippen LogP contribution in [0.3, 0.4) is 0 Å². The summed E-state index contributed by atoms with van der Waals surface area (Å²) in [6.45, 7) is 13.3. The Morgan fingerprint density at radius 1 is 0.528 bits per heavy atom. The van der Waals surface area contributed by atoms with Gasteiger partial charge in [0.2, 0.25) is 0 Å². The molecule has 0 aliphatic heterocycles. The predicted octanol–water partition coefficient (Wildman–Crippen LogP) is 12.1. The van der Waals surface area contributed by atoms with Gasteiger partial charge >= 0.3 is 5.97 Å². The second kappa shape index (κ2) is 31.5. The third-order valence-electron chi connectivity index (χ3n) is 7.16. The summed E-state index contributed by atoms with van der Waals surface area (Å²) in [6, 6.07) is 0. The second-order valence-corrected chi connectivity index (χ2v) is 16.6. The van der Waals surface area contributed by atoms with Gasteiger partial charge in [-0.25, -0.2) is 0 Å². The molecule has 0 saturated carbocycles. The van der Waals surface area contributed by atoms with E-state index in [1.807, 2.05) is 0 Å². The van der Waals surface area contributed by atoms with Gasteiger partial charge in [-0.3, -0.25) is 4.79 Å². The van der Waals surface area contributed by atoms with Gasteiger partial charge in [-0.1, -0.05) is 118 Å². The fraction of sp³-hybridized carbons (Fsp3) is 0.969. The quantitative estimate of drug-likeness (QED) is 0.0612. The van der Waals surface area contributed by atoms with E-state index in [1.165, 1.54) is 147 Å². The lowest BCUT2D eigenvalue weighted by Gasteiger charge is -2.24. The van der Waals surface area contributed by atoms with Crippen LogP contribution >= 0.6 is 19.3 Å². The number of rotatable bonds is 26. The van der Waals surface area contributed by atoms with Crippen LogP contribution < -0.4 is 0 Å². The molecule has 218 valence electrons. The normalized spacial score (nSPS) is 11.3. The minimum atomic E-state index is -0.636. The average Bonchev–Trinajstić information content (AvgIpc) is 2.86. The van der Waals surface area contributed by atoms with Crippen molar-refractivity contribution < 1.29 is 8.98 Å². The van der Waals surface area contributed by atoms with E-state index in [0.717, 1.165) is 12.2 Å². The van der Waals surface area contributed by atoms with E-state index in [1.54, 1.807) is 18.5 Å². The monoisotopic (exact) mass is 547 g/mol. The molecule has 2 nitrogen and oxygen atoms in total. The van der Waals surface area contributed by atoms with Crippen molar-refractivity contribution in [3.8, 4) is 0 Å². The molecule has 0 spiro atoms. The Morgan fingerprint density at radius 2 is 0.833 bits per heavy atom. The lowest BCUT2D eigenvalue weighted by Crippen LogP contribution is -2.08. The summed E-state index contributed by atoms with van der Waals surface area (Å²) >= 11 is 1.25. The Bertz CT molecular complexity index is 390. The number of hydrogen-bond donors (Lipinski definition) is 0. The summed E-state index contributed by atoms with van der Waals surface area (Å²) in [5.74, 6) is 0.717. The topological polar surface area (TPSA) is 26.3 Å². The fourth-order valence-corrected chi connectivity index (χ4v) is 8.90. The van der Waals surface area contributed by atoms with Gasteiger partial charge in [0.05, 0.1) is 30.5 Å². The minimum Gasteiger partial charge on any atom is -0.392 e. The summed E-state index contributed by atoms with van der Waals surface area (Å²) in [5, 5.41) is 0. The van der Waals surface area contributed by atoms with Crippen molar-refractivity contribution >= 4 is 25.3 Å². The molecular weight excluding hydrogens is 479 g/mol. The maximum Gasteiger partial charge on any atom is 0.314 e. The zero-order valence-electron chi connectivity index (χ0n) is 25.8. The van der Waals surface area contributed by atoms with Crippen molar-refractivity contribution in [2.75, 3.05) is 30.9 Å². The summed E-state index contributed by atoms with van der Waals surface area (Å²) in [5.41, 5.74) is 0. The van der Waals surface area contributed by atoms with Gasteiger partial charge in [0.1, 0.15) is 0 Å². The van der Waals surface area contributed by atoms with E-state index in [2.05, 4.69) is 38.5 Å². The smallest absolute Gasteiger partial charge is 0.314 e. The Labute approximate surface area is 234 Å². The zero-order valence-corrected chi connectivity index (χ0v) is 27.6. The number of hydrogen-bond acceptors (Lipinski definition) is 3. The maximum absolute atomic E-state index is 10.2. The highest BCUT2D eigenvalue weighted by Gasteiger charge is 2.29. The largest absolute Gasteiger partial charge is 0.392 e. The van der Waals surface area contributed by atoms with Gasteiger partial charge in [-0.2, -0.15) is 0 Å². The van der Waals surface area contributed by atoms with E-state index < -0.39 is 7.26 Å². The molecular formula is C32H68O2PS+. The van der Waals surface area contributed by atoms with Crippen molar-refractivity contribution in [1.29, 1.82) is 0 Å². The SMILES string of the molecule is CCCCCCCC[P+](C)(CCCCCCCC)CCCCCCCC.CCCCCSOC(C)=O. The maximum atomic E-state index is 10.2. The molecule has 36 heavy (non-hydrogen) atoms. The van der Waals surface area contributed by atoms with Gasteiger partial charge in [0.15, 0.2) is 0 Å². The first kappa shape index (κ1) is 38.4. The third kappa shape index (κ3) is 32.3. The first-order chi connectivity index (χ1) is 17.5. The minimum absolute atomic E-state index is 0.207. The van der Waals surface area contributed by atoms with Gasteiger partial charge in [-0.05, 0) is 44.9 Å². The van der Waals surface area contributed by atoms with Crippen LogP contribution in [0.5, 0.6) is 0 Å². The van der Waals surface area contributed by atoms with Crippen molar-refractivity contribution in [1.82, 2.24) is 0 Å². The van der Waals surface area contributed by atoms with Gasteiger partial charge < -0.3 is 4.18 Å². The molecule has 0 amide bonds. The van der Waals surface area contributed by atoms with Crippen LogP contribution in [0.4, 0.5) is 0 Å². The van der Waals surface area contributed by atoms with Crippen molar-refractivity contribution in [2.45, 2.75) is 169 Å². The lowest BCUT2D eigenvalue weighted by atomic mass is 10.1. The molecule has 0 N–H and O–H groups in total. The highest BCUT2D eigenvalue weighted by molar-refractivity contribution is 7.95. The first-order valence-corrected chi connectivity index (χ1v) is 19.8. The molecule has 0 aromatic carbocycles. The molecule has 0 heterocycles. The molecule has 4 heteroatoms. The van der Waals surface area contributed by atoms with E-state index in [-0.39, 0.29) is 5.97 Å². The van der Waals surface area contributed by atoms with E-state index in [9.17, 15) is 4.79 Å². The molecule has 0 rings (SSSR count). The highest BCUT2D eigenvalue weighted by atomic mass is 32.2. The van der Waals surface area contributed by atoms with E-state index >= 15 is 0 Å². The van der Waals surface area contributed by atoms with Crippen LogP contribution in [0, 0.1) is 0 Å². The summed E-state index contributed by atoms with van der Waals surface area (Å²) in [6.07, 6.45) is 34.8. The average molecular weight is 548 g/mol. The van der Waals surface area contributed by atoms with Crippen molar-refractivity contribution in [3.63, 3.8) is 0 Å². The summed E-state index contributed by atoms with van der Waals surface area (Å²) in [7, 11) is -0.636. The predicted molar refractivity (Wildman–Crippen MR) is 171 cm³/mol. The molecule has 0 aliphatic rings. The van der Waals surface area contributed by atoms with Crippen molar-refractivity contribution in [2.24, 2.45) is 0 Å². The Balaban J connectivity index is 0. The number of unbranched alkanes of at least 4 members (excludes halogenated alkanes) is 17. The third-order valence-corrected chi connectivity index (χ3v) is 12.2. The molecule has 0 fully saturated rings. The standard InChI is InChI=1S/C25H54P.C7H14O2S/c1-5-8-11-14-17-20-23-26(4,24-21-18-15-12-9-6-2)25-22-19-16-13-10-7-3;1-3-4-5-6-10-9-7(2)8/h5-25H2,1-4H3;3-6H2,1-2H3/q+1;. The van der Waals surface area contributed by atoms with Crippen LogP contribution in [-0.4, -0.2) is 36.9 Å². The summed E-state index contributed by atoms with van der Waals surface area (Å²) < 4.78 is 4.67. The molecule has 0 bridgehead atoms. The molecule has 0 aromatic heterocycles. The van der Waals surface area contributed by atoms with Gasteiger partial charge in [-0.15, -0.1) is 0 Å². The molecule has 0 unspecified atom stereocenters. The van der Waals surface area contributed by atoms with Crippen LogP contribution in [0.2, 0.25) is 0 Å². The van der Waals surface area contributed by atoms with Crippen LogP contribution in [-0.2, 0) is 8.98 Å². The van der Waals surface area contributed by atoms with E-state index in [4.69, 9.17) is 0 Å². The van der Waals surface area contributed by atoms with Crippen LogP contribution in [0.15, 0.2) is 0 Å². The van der Waals surface area contributed by atoms with Gasteiger partial charge in [0, 0.05) is 26.6 Å². The Hall–Kier alpha value is 0.250. The van der Waals surface area contributed by atoms with Crippen LogP contribution in [0.1, 0.15) is 169 Å². The summed E-state index contributed by atoms with van der Waals surface area (Å²) in [4.78, 5) is 10.2. The van der Waals surface area contributed by atoms with Gasteiger partial charge in [0.25, 0.3) is 0 Å². The Kier molecular flexibility index (Phi) is 33.6. The highest BCUT2D eigenvalue weighted by Crippen LogP contribution is 2.57. The molecule has 0 aromatic rings. The van der Waals surface area contributed by atoms with Crippen LogP contribution in [0.25, 0.3) is 0 Å². The molecule has 0 saturated heterocycles. The number of carbonyl (C=O) groups is 1.